The van der Waals surface area contributed by atoms with Crippen LogP contribution >= 0.6 is 43.2 Å². The van der Waals surface area contributed by atoms with Gasteiger partial charge in [0.2, 0.25) is 0 Å². The molecule has 0 radical (unpaired) electrons. The van der Waals surface area contributed by atoms with Gasteiger partial charge in [0, 0.05) is 27.3 Å². The molecule has 23 heavy (non-hydrogen) atoms. The third-order valence-electron chi connectivity index (χ3n) is 2.67. The fourth-order valence-electron chi connectivity index (χ4n) is 1.80. The Kier molecular flexibility index (Phi) is 6.11. The summed E-state index contributed by atoms with van der Waals surface area (Å²) in [5.74, 6) is 0. The molecule has 4 nitrogen and oxygen atoms in total. The zero-order valence-electron chi connectivity index (χ0n) is 13.1. The second-order valence-corrected chi connectivity index (χ2v) is 9.20. The summed E-state index contributed by atoms with van der Waals surface area (Å²) in [6, 6.07) is 9.62. The molecule has 1 aromatic heterocycles. The second kappa shape index (κ2) is 7.68. The Balaban J connectivity index is 1.95. The molecular weight excluding hydrogens is 444 g/mol. The number of ether oxygens (including phenoxy) is 1. The van der Waals surface area contributed by atoms with Crippen molar-refractivity contribution in [3.05, 3.63) is 43.5 Å². The lowest BCUT2D eigenvalue weighted by atomic mass is 10.2. The van der Waals surface area contributed by atoms with E-state index in [-0.39, 0.29) is 0 Å². The number of amides is 1. The van der Waals surface area contributed by atoms with Crippen molar-refractivity contribution in [1.82, 2.24) is 0 Å². The Morgan fingerprint density at radius 3 is 2.52 bits per heavy atom. The Bertz CT molecular complexity index is 676. The van der Waals surface area contributed by atoms with Crippen molar-refractivity contribution in [2.24, 2.45) is 0 Å². The minimum Gasteiger partial charge on any atom is -0.444 e. The maximum absolute atomic E-state index is 11.8. The molecule has 0 aliphatic carbocycles. The zero-order valence-corrected chi connectivity index (χ0v) is 17.1. The molecule has 0 aliphatic heterocycles. The van der Waals surface area contributed by atoms with Gasteiger partial charge in [0.05, 0.1) is 3.79 Å². The lowest BCUT2D eigenvalue weighted by Gasteiger charge is -2.19. The summed E-state index contributed by atoms with van der Waals surface area (Å²) in [4.78, 5) is 13.0. The van der Waals surface area contributed by atoms with Crippen molar-refractivity contribution in [3.63, 3.8) is 0 Å². The van der Waals surface area contributed by atoms with Crippen molar-refractivity contribution in [1.29, 1.82) is 0 Å². The molecule has 2 rings (SSSR count). The molecule has 0 bridgehead atoms. The van der Waals surface area contributed by atoms with Crippen molar-refractivity contribution in [2.45, 2.75) is 32.9 Å². The van der Waals surface area contributed by atoms with E-state index in [2.05, 4.69) is 48.6 Å². The number of halogens is 2. The fourth-order valence-corrected chi connectivity index (χ4v) is 3.91. The van der Waals surface area contributed by atoms with Gasteiger partial charge in [-0.05, 0) is 76.9 Å². The van der Waals surface area contributed by atoms with Gasteiger partial charge in [0.1, 0.15) is 5.60 Å². The number of benzene rings is 1. The first-order valence-electron chi connectivity index (χ1n) is 7.00. The van der Waals surface area contributed by atoms with Gasteiger partial charge in [-0.3, -0.25) is 5.32 Å². The highest BCUT2D eigenvalue weighted by atomic mass is 79.9. The van der Waals surface area contributed by atoms with Gasteiger partial charge < -0.3 is 10.1 Å². The smallest absolute Gasteiger partial charge is 0.412 e. The molecule has 0 saturated heterocycles. The monoisotopic (exact) mass is 460 g/mol. The van der Waals surface area contributed by atoms with Crippen LogP contribution in [0, 0.1) is 0 Å². The van der Waals surface area contributed by atoms with Crippen LogP contribution in [0.3, 0.4) is 0 Å². The first-order chi connectivity index (χ1) is 10.7. The first kappa shape index (κ1) is 18.3. The lowest BCUT2D eigenvalue weighted by Crippen LogP contribution is -2.27. The predicted molar refractivity (Wildman–Crippen MR) is 103 cm³/mol. The first-order valence-corrected chi connectivity index (χ1v) is 9.41. The molecule has 1 heterocycles. The van der Waals surface area contributed by atoms with Crippen molar-refractivity contribution in [2.75, 3.05) is 10.6 Å². The van der Waals surface area contributed by atoms with Gasteiger partial charge in [-0.25, -0.2) is 4.79 Å². The van der Waals surface area contributed by atoms with Crippen molar-refractivity contribution < 1.29 is 9.53 Å². The van der Waals surface area contributed by atoms with Gasteiger partial charge in [-0.1, -0.05) is 6.07 Å². The molecule has 1 amide bonds. The second-order valence-electron chi connectivity index (χ2n) is 5.90. The van der Waals surface area contributed by atoms with E-state index < -0.39 is 11.7 Å². The molecule has 0 unspecified atom stereocenters. The van der Waals surface area contributed by atoms with E-state index in [1.807, 2.05) is 45.0 Å². The molecule has 1 aromatic carbocycles. The summed E-state index contributed by atoms with van der Waals surface area (Å²) in [5, 5.41) is 6.08. The maximum atomic E-state index is 11.8. The Morgan fingerprint density at radius 1 is 1.22 bits per heavy atom. The fraction of sp³-hybridized carbons (Fsp3) is 0.312. The summed E-state index contributed by atoms with van der Waals surface area (Å²) in [6.45, 7) is 6.22. The topological polar surface area (TPSA) is 50.4 Å². The van der Waals surface area contributed by atoms with Crippen LogP contribution in [0.15, 0.2) is 38.6 Å². The van der Waals surface area contributed by atoms with Crippen LogP contribution in [0.5, 0.6) is 0 Å². The number of hydrogen-bond acceptors (Lipinski definition) is 4. The minimum atomic E-state index is -0.514. The van der Waals surface area contributed by atoms with E-state index in [9.17, 15) is 4.79 Å². The van der Waals surface area contributed by atoms with E-state index in [0.29, 0.717) is 12.2 Å². The Hall–Kier alpha value is -1.05. The van der Waals surface area contributed by atoms with Crippen LogP contribution < -0.4 is 10.6 Å². The number of carbonyl (C=O) groups is 1. The van der Waals surface area contributed by atoms with E-state index >= 15 is 0 Å². The van der Waals surface area contributed by atoms with Gasteiger partial charge in [-0.15, -0.1) is 11.3 Å². The third-order valence-corrected chi connectivity index (χ3v) is 5.93. The average molecular weight is 462 g/mol. The predicted octanol–water partition coefficient (Wildman–Crippen LogP) is 6.23. The third kappa shape index (κ3) is 6.16. The molecule has 0 aliphatic rings. The molecular formula is C16H18Br2N2O2S. The Morgan fingerprint density at radius 2 is 1.91 bits per heavy atom. The lowest BCUT2D eigenvalue weighted by molar-refractivity contribution is 0.0636. The number of anilines is 2. The zero-order chi connectivity index (χ0) is 17.0. The minimum absolute atomic E-state index is 0.458. The molecule has 124 valence electrons. The van der Waals surface area contributed by atoms with E-state index in [4.69, 9.17) is 4.74 Å². The van der Waals surface area contributed by atoms with Gasteiger partial charge >= 0.3 is 6.09 Å². The van der Waals surface area contributed by atoms with Crippen LogP contribution in [0.2, 0.25) is 0 Å². The summed E-state index contributed by atoms with van der Waals surface area (Å²) in [7, 11) is 0. The SMILES string of the molecule is CC(C)(C)OC(=O)Nc1cccc(NCc2cc(Br)c(Br)s2)c1. The summed E-state index contributed by atoms with van der Waals surface area (Å²) in [6.07, 6.45) is -0.458. The van der Waals surface area contributed by atoms with Gasteiger partial charge in [0.25, 0.3) is 0 Å². The molecule has 2 aromatic rings. The van der Waals surface area contributed by atoms with Crippen molar-refractivity contribution >= 4 is 60.7 Å². The van der Waals surface area contributed by atoms with E-state index in [0.717, 1.165) is 13.9 Å². The van der Waals surface area contributed by atoms with Crippen LogP contribution in [0.25, 0.3) is 0 Å². The van der Waals surface area contributed by atoms with Gasteiger partial charge in [-0.2, -0.15) is 0 Å². The Labute approximate surface area is 156 Å². The highest BCUT2D eigenvalue weighted by molar-refractivity contribution is 9.13. The highest BCUT2D eigenvalue weighted by Gasteiger charge is 2.16. The standard InChI is InChI=1S/C16H18Br2N2O2S/c1-16(2,3)22-15(21)20-11-6-4-5-10(7-11)19-9-12-8-13(17)14(18)23-12/h4-8,19H,9H2,1-3H3,(H,20,21). The molecule has 7 heteroatoms. The molecule has 0 saturated carbocycles. The summed E-state index contributed by atoms with van der Waals surface area (Å²) in [5.41, 5.74) is 1.11. The van der Waals surface area contributed by atoms with Crippen LogP contribution in [0.4, 0.5) is 16.2 Å². The van der Waals surface area contributed by atoms with Crippen molar-refractivity contribution in [3.8, 4) is 0 Å². The molecule has 0 spiro atoms. The number of rotatable bonds is 4. The highest BCUT2D eigenvalue weighted by Crippen LogP contribution is 2.32. The summed E-state index contributed by atoms with van der Waals surface area (Å²) < 4.78 is 7.38. The number of hydrogen-bond donors (Lipinski definition) is 2. The van der Waals surface area contributed by atoms with E-state index in [1.165, 1.54) is 4.88 Å². The normalized spacial score (nSPS) is 11.2. The summed E-state index contributed by atoms with van der Waals surface area (Å²) >= 11 is 8.64. The van der Waals surface area contributed by atoms with Crippen LogP contribution in [-0.2, 0) is 11.3 Å². The molecule has 2 N–H and O–H groups in total. The molecule has 0 fully saturated rings. The van der Waals surface area contributed by atoms with Crippen LogP contribution in [0.1, 0.15) is 25.6 Å². The average Bonchev–Trinajstić information content (AvgIpc) is 2.74. The van der Waals surface area contributed by atoms with Gasteiger partial charge in [0.15, 0.2) is 0 Å². The van der Waals surface area contributed by atoms with Crippen LogP contribution in [-0.4, -0.2) is 11.7 Å². The molecule has 0 atom stereocenters. The quantitative estimate of drug-likeness (QED) is 0.567. The number of thiophene rings is 1. The number of carbonyl (C=O) groups excluding carboxylic acids is 1. The largest absolute Gasteiger partial charge is 0.444 e. The maximum Gasteiger partial charge on any atom is 0.412 e. The number of nitrogens with one attached hydrogen (secondary N) is 2. The van der Waals surface area contributed by atoms with E-state index in [1.54, 1.807) is 11.3 Å².